The predicted molar refractivity (Wildman–Crippen MR) is 142 cm³/mol. The molecule has 4 heteroatoms. The van der Waals surface area contributed by atoms with E-state index < -0.39 is 0 Å². The fourth-order valence-corrected chi connectivity index (χ4v) is 5.18. The molecule has 0 unspecified atom stereocenters. The van der Waals surface area contributed by atoms with Gasteiger partial charge < -0.3 is 4.74 Å². The molecule has 6 rings (SSSR count). The van der Waals surface area contributed by atoms with Crippen LogP contribution in [0.5, 0.6) is 5.75 Å². The van der Waals surface area contributed by atoms with Crippen molar-refractivity contribution < 1.29 is 4.74 Å². The molecule has 0 amide bonds. The zero-order valence-electron chi connectivity index (χ0n) is 19.8. The van der Waals surface area contributed by atoms with Gasteiger partial charge in [-0.15, -0.1) is 0 Å². The maximum absolute atomic E-state index is 5.97. The molecule has 174 valence electrons. The summed E-state index contributed by atoms with van der Waals surface area (Å²) in [5.41, 5.74) is 7.83. The second-order valence-electron chi connectivity index (χ2n) is 9.16. The van der Waals surface area contributed by atoms with Gasteiger partial charge in [-0.1, -0.05) is 91.0 Å². The lowest BCUT2D eigenvalue weighted by atomic mass is 10.0. The van der Waals surface area contributed by atoms with Crippen LogP contribution < -0.4 is 4.74 Å². The SMILES string of the molecule is C(=N\N1CCN(C2c3ccccc3-c3ccccc32)CC1)/c1cccc(OCc2ccccc2)c1. The standard InChI is InChI=1S/C31H29N3O/c1-2-9-24(10-3-1)23-35-26-12-8-11-25(21-26)22-32-34-19-17-33(18-20-34)31-29-15-6-4-13-27(29)28-14-5-7-16-30(28)31/h1-16,21-22,31H,17-20,23H2/b32-22+. The second kappa shape index (κ2) is 9.77. The molecule has 0 bridgehead atoms. The summed E-state index contributed by atoms with van der Waals surface area (Å²) >= 11 is 0. The summed E-state index contributed by atoms with van der Waals surface area (Å²) in [5.74, 6) is 0.862. The Morgan fingerprint density at radius 1 is 0.714 bits per heavy atom. The topological polar surface area (TPSA) is 28.1 Å². The van der Waals surface area contributed by atoms with Gasteiger partial charge in [-0.05, 0) is 45.5 Å². The van der Waals surface area contributed by atoms with E-state index in [4.69, 9.17) is 9.84 Å². The zero-order chi connectivity index (χ0) is 23.5. The molecule has 0 N–H and O–H groups in total. The minimum Gasteiger partial charge on any atom is -0.489 e. The molecule has 1 aliphatic heterocycles. The summed E-state index contributed by atoms with van der Waals surface area (Å²) in [5, 5.41) is 6.97. The zero-order valence-corrected chi connectivity index (χ0v) is 19.8. The van der Waals surface area contributed by atoms with E-state index in [1.54, 1.807) is 0 Å². The van der Waals surface area contributed by atoms with Crippen molar-refractivity contribution in [3.8, 4) is 16.9 Å². The highest BCUT2D eigenvalue weighted by Crippen LogP contribution is 2.46. The maximum atomic E-state index is 5.97. The largest absolute Gasteiger partial charge is 0.489 e. The second-order valence-corrected chi connectivity index (χ2v) is 9.16. The number of nitrogens with zero attached hydrogens (tertiary/aromatic N) is 3. The number of hydrogen-bond acceptors (Lipinski definition) is 4. The Labute approximate surface area is 207 Å². The molecular formula is C31H29N3O. The Kier molecular flexibility index (Phi) is 6.04. The summed E-state index contributed by atoms with van der Waals surface area (Å²) in [6.45, 7) is 4.38. The van der Waals surface area contributed by atoms with Gasteiger partial charge in [0.1, 0.15) is 12.4 Å². The van der Waals surface area contributed by atoms with Gasteiger partial charge in [0.25, 0.3) is 0 Å². The molecule has 0 saturated carbocycles. The third-order valence-electron chi connectivity index (χ3n) is 6.93. The fourth-order valence-electron chi connectivity index (χ4n) is 5.18. The normalized spacial score (nSPS) is 15.8. The van der Waals surface area contributed by atoms with Crippen LogP contribution in [0.4, 0.5) is 0 Å². The molecule has 1 fully saturated rings. The molecule has 35 heavy (non-hydrogen) atoms. The quantitative estimate of drug-likeness (QED) is 0.332. The van der Waals surface area contributed by atoms with Crippen LogP contribution in [0.25, 0.3) is 11.1 Å². The molecule has 4 nitrogen and oxygen atoms in total. The molecule has 2 aliphatic rings. The lowest BCUT2D eigenvalue weighted by molar-refractivity contribution is 0.114. The average Bonchev–Trinajstić information content (AvgIpc) is 3.26. The highest BCUT2D eigenvalue weighted by molar-refractivity contribution is 5.80. The van der Waals surface area contributed by atoms with Crippen molar-refractivity contribution in [3.63, 3.8) is 0 Å². The fraction of sp³-hybridized carbons (Fsp3) is 0.194. The number of piperazine rings is 1. The number of benzene rings is 4. The predicted octanol–water partition coefficient (Wildman–Crippen LogP) is 5.99. The van der Waals surface area contributed by atoms with E-state index in [0.29, 0.717) is 12.6 Å². The Hall–Kier alpha value is -3.89. The van der Waals surface area contributed by atoms with Crippen molar-refractivity contribution in [3.05, 3.63) is 125 Å². The van der Waals surface area contributed by atoms with Crippen LogP contribution in [-0.2, 0) is 6.61 Å². The van der Waals surface area contributed by atoms with Gasteiger partial charge in [0.15, 0.2) is 0 Å². The van der Waals surface area contributed by atoms with Crippen LogP contribution in [-0.4, -0.2) is 42.3 Å². The van der Waals surface area contributed by atoms with Crippen LogP contribution in [0.3, 0.4) is 0 Å². The van der Waals surface area contributed by atoms with Gasteiger partial charge in [-0.3, -0.25) is 9.91 Å². The van der Waals surface area contributed by atoms with Crippen molar-refractivity contribution >= 4 is 6.21 Å². The Morgan fingerprint density at radius 2 is 1.37 bits per heavy atom. The minimum atomic E-state index is 0.340. The molecular weight excluding hydrogens is 430 g/mol. The third kappa shape index (κ3) is 4.58. The molecule has 4 aromatic carbocycles. The van der Waals surface area contributed by atoms with Crippen molar-refractivity contribution in [2.24, 2.45) is 5.10 Å². The molecule has 0 radical (unpaired) electrons. The summed E-state index contributed by atoms with van der Waals surface area (Å²) in [6, 6.07) is 36.4. The molecule has 0 aromatic heterocycles. The molecule has 0 atom stereocenters. The first-order chi connectivity index (χ1) is 17.3. The van der Waals surface area contributed by atoms with Gasteiger partial charge in [0, 0.05) is 26.2 Å². The summed E-state index contributed by atoms with van der Waals surface area (Å²) in [6.07, 6.45) is 1.95. The van der Waals surface area contributed by atoms with Crippen molar-refractivity contribution in [1.82, 2.24) is 9.91 Å². The number of rotatable bonds is 6. The van der Waals surface area contributed by atoms with Crippen molar-refractivity contribution in [2.45, 2.75) is 12.6 Å². The smallest absolute Gasteiger partial charge is 0.120 e. The monoisotopic (exact) mass is 459 g/mol. The lowest BCUT2D eigenvalue weighted by Gasteiger charge is -2.37. The first-order valence-electron chi connectivity index (χ1n) is 12.3. The van der Waals surface area contributed by atoms with Crippen LogP contribution in [0.15, 0.2) is 108 Å². The van der Waals surface area contributed by atoms with Crippen molar-refractivity contribution in [1.29, 1.82) is 0 Å². The summed E-state index contributed by atoms with van der Waals surface area (Å²) in [7, 11) is 0. The van der Waals surface area contributed by atoms with E-state index in [-0.39, 0.29) is 0 Å². The first-order valence-corrected chi connectivity index (χ1v) is 12.3. The molecule has 1 aliphatic carbocycles. The summed E-state index contributed by atoms with van der Waals surface area (Å²) < 4.78 is 5.97. The lowest BCUT2D eigenvalue weighted by Crippen LogP contribution is -2.45. The molecule has 1 saturated heterocycles. The Balaban J connectivity index is 1.09. The van der Waals surface area contributed by atoms with Crippen molar-refractivity contribution in [2.75, 3.05) is 26.2 Å². The average molecular weight is 460 g/mol. The van der Waals surface area contributed by atoms with E-state index >= 15 is 0 Å². The third-order valence-corrected chi connectivity index (χ3v) is 6.93. The number of hydrogen-bond donors (Lipinski definition) is 0. The van der Waals surface area contributed by atoms with E-state index in [2.05, 4.69) is 82.7 Å². The summed E-state index contributed by atoms with van der Waals surface area (Å²) in [4.78, 5) is 2.61. The van der Waals surface area contributed by atoms with Gasteiger partial charge >= 0.3 is 0 Å². The van der Waals surface area contributed by atoms with Crippen LogP contribution >= 0.6 is 0 Å². The number of fused-ring (bicyclic) bond motifs is 3. The van der Waals surface area contributed by atoms with Crippen LogP contribution in [0.1, 0.15) is 28.3 Å². The number of hydrazone groups is 1. The van der Waals surface area contributed by atoms with Crippen LogP contribution in [0, 0.1) is 0 Å². The Morgan fingerprint density at radius 3 is 2.09 bits per heavy atom. The minimum absolute atomic E-state index is 0.340. The highest BCUT2D eigenvalue weighted by atomic mass is 16.5. The maximum Gasteiger partial charge on any atom is 0.120 e. The first kappa shape index (κ1) is 21.6. The molecule has 0 spiro atoms. The van der Waals surface area contributed by atoms with E-state index in [9.17, 15) is 0 Å². The van der Waals surface area contributed by atoms with E-state index in [0.717, 1.165) is 43.1 Å². The number of ether oxygens (including phenoxy) is 1. The van der Waals surface area contributed by atoms with Crippen LogP contribution in [0.2, 0.25) is 0 Å². The van der Waals surface area contributed by atoms with E-state index in [1.807, 2.05) is 36.5 Å². The van der Waals surface area contributed by atoms with Gasteiger partial charge in [-0.2, -0.15) is 5.10 Å². The van der Waals surface area contributed by atoms with Gasteiger partial charge in [-0.25, -0.2) is 0 Å². The molecule has 1 heterocycles. The van der Waals surface area contributed by atoms with Gasteiger partial charge in [0.05, 0.1) is 12.3 Å². The van der Waals surface area contributed by atoms with Gasteiger partial charge in [0.2, 0.25) is 0 Å². The molecule has 4 aromatic rings. The highest BCUT2D eigenvalue weighted by Gasteiger charge is 2.33. The Bertz CT molecular complexity index is 1280. The van der Waals surface area contributed by atoms with E-state index in [1.165, 1.54) is 22.3 Å².